The van der Waals surface area contributed by atoms with E-state index in [9.17, 15) is 14.9 Å². The first kappa shape index (κ1) is 13.3. The number of halogens is 1. The molecule has 2 rings (SSSR count). The summed E-state index contributed by atoms with van der Waals surface area (Å²) in [6, 6.07) is 5.95. The Hall–Kier alpha value is -2.14. The highest BCUT2D eigenvalue weighted by Gasteiger charge is 2.16. The molecular formula is C13H11ClN2O3. The summed E-state index contributed by atoms with van der Waals surface area (Å²) in [6.07, 6.45) is 0.754. The summed E-state index contributed by atoms with van der Waals surface area (Å²) < 4.78 is 1.74. The normalized spacial score (nSPS) is 10.5. The minimum absolute atomic E-state index is 0.0421. The number of aromatic nitrogens is 1. The molecule has 0 bridgehead atoms. The molecule has 98 valence electrons. The molecule has 0 saturated heterocycles. The summed E-state index contributed by atoms with van der Waals surface area (Å²) in [5.74, 6) is 0. The van der Waals surface area contributed by atoms with Crippen molar-refractivity contribution in [1.29, 1.82) is 0 Å². The molecule has 0 aliphatic rings. The number of non-ortho nitro benzene ring substituents is 1. The second-order valence-corrected chi connectivity index (χ2v) is 4.58. The summed E-state index contributed by atoms with van der Waals surface area (Å²) >= 11 is 6.10. The van der Waals surface area contributed by atoms with Crippen molar-refractivity contribution >= 4 is 23.6 Å². The number of nitrogens with zero attached hydrogens (tertiary/aromatic N) is 2. The van der Waals surface area contributed by atoms with Crippen LogP contribution in [0.15, 0.2) is 24.3 Å². The van der Waals surface area contributed by atoms with Crippen LogP contribution in [0.5, 0.6) is 0 Å². The molecule has 6 heteroatoms. The molecule has 5 nitrogen and oxygen atoms in total. The highest BCUT2D eigenvalue weighted by molar-refractivity contribution is 6.32. The Kier molecular flexibility index (Phi) is 3.40. The van der Waals surface area contributed by atoms with Crippen LogP contribution in [0.1, 0.15) is 21.7 Å². The number of nitro groups is 1. The van der Waals surface area contributed by atoms with Gasteiger partial charge in [0, 0.05) is 29.1 Å². The molecular weight excluding hydrogens is 268 g/mol. The lowest BCUT2D eigenvalue weighted by atomic mass is 10.2. The van der Waals surface area contributed by atoms with Crippen molar-refractivity contribution in [3.63, 3.8) is 0 Å². The molecule has 0 atom stereocenters. The van der Waals surface area contributed by atoms with Gasteiger partial charge in [-0.15, -0.1) is 0 Å². The third-order valence-electron chi connectivity index (χ3n) is 2.98. The van der Waals surface area contributed by atoms with Gasteiger partial charge in [0.1, 0.15) is 0 Å². The summed E-state index contributed by atoms with van der Waals surface area (Å²) in [7, 11) is 0. The molecule has 0 N–H and O–H groups in total. The maximum absolute atomic E-state index is 10.9. The summed E-state index contributed by atoms with van der Waals surface area (Å²) in [6.45, 7) is 3.58. The molecule has 1 aromatic carbocycles. The summed E-state index contributed by atoms with van der Waals surface area (Å²) in [5, 5.41) is 11.2. The number of carbonyl (C=O) groups is 1. The van der Waals surface area contributed by atoms with Crippen LogP contribution in [0.3, 0.4) is 0 Å². The fourth-order valence-electron chi connectivity index (χ4n) is 2.06. The maximum atomic E-state index is 10.9. The third kappa shape index (κ3) is 2.24. The first-order valence-corrected chi connectivity index (χ1v) is 5.92. The number of aldehydes is 1. The van der Waals surface area contributed by atoms with Gasteiger partial charge in [0.25, 0.3) is 5.69 Å². The average molecular weight is 279 g/mol. The largest absolute Gasteiger partial charge is 0.316 e. The van der Waals surface area contributed by atoms with Gasteiger partial charge in [-0.05, 0) is 26.0 Å². The van der Waals surface area contributed by atoms with Gasteiger partial charge >= 0.3 is 0 Å². The van der Waals surface area contributed by atoms with Crippen molar-refractivity contribution in [2.45, 2.75) is 13.8 Å². The average Bonchev–Trinajstić information content (AvgIpc) is 2.65. The molecule has 1 aromatic heterocycles. The van der Waals surface area contributed by atoms with Crippen molar-refractivity contribution < 1.29 is 9.72 Å². The Morgan fingerprint density at radius 3 is 2.53 bits per heavy atom. The molecule has 0 aliphatic heterocycles. The smallest absolute Gasteiger partial charge is 0.271 e. The van der Waals surface area contributed by atoms with Crippen molar-refractivity contribution in [2.24, 2.45) is 0 Å². The van der Waals surface area contributed by atoms with Gasteiger partial charge in [0.2, 0.25) is 0 Å². The number of benzene rings is 1. The van der Waals surface area contributed by atoms with Crippen LogP contribution in [-0.4, -0.2) is 15.8 Å². The van der Waals surface area contributed by atoms with Crippen LogP contribution in [-0.2, 0) is 0 Å². The van der Waals surface area contributed by atoms with Gasteiger partial charge in [-0.1, -0.05) is 11.6 Å². The first-order valence-electron chi connectivity index (χ1n) is 5.54. The molecule has 19 heavy (non-hydrogen) atoms. The fraction of sp³-hybridized carbons (Fsp3) is 0.154. The Morgan fingerprint density at radius 1 is 1.32 bits per heavy atom. The van der Waals surface area contributed by atoms with E-state index in [4.69, 9.17) is 11.6 Å². The van der Waals surface area contributed by atoms with Crippen LogP contribution < -0.4 is 0 Å². The molecule has 0 aliphatic carbocycles. The number of aryl methyl sites for hydroxylation is 1. The quantitative estimate of drug-likeness (QED) is 0.490. The number of rotatable bonds is 3. The van der Waals surface area contributed by atoms with Crippen molar-refractivity contribution in [3.8, 4) is 5.69 Å². The van der Waals surface area contributed by atoms with Gasteiger partial charge in [-0.2, -0.15) is 0 Å². The maximum Gasteiger partial charge on any atom is 0.271 e. The van der Waals surface area contributed by atoms with E-state index in [0.29, 0.717) is 22.0 Å². The van der Waals surface area contributed by atoms with E-state index in [0.717, 1.165) is 12.0 Å². The van der Waals surface area contributed by atoms with E-state index >= 15 is 0 Å². The van der Waals surface area contributed by atoms with Crippen LogP contribution in [0, 0.1) is 24.0 Å². The van der Waals surface area contributed by atoms with Crippen molar-refractivity contribution in [1.82, 2.24) is 4.57 Å². The van der Waals surface area contributed by atoms with E-state index in [1.807, 2.05) is 6.92 Å². The van der Waals surface area contributed by atoms with Gasteiger partial charge in [0.05, 0.1) is 15.6 Å². The first-order chi connectivity index (χ1) is 8.95. The molecule has 0 unspecified atom stereocenters. The minimum atomic E-state index is -0.478. The fourth-order valence-corrected chi connectivity index (χ4v) is 2.27. The van der Waals surface area contributed by atoms with E-state index < -0.39 is 4.92 Å². The summed E-state index contributed by atoms with van der Waals surface area (Å²) in [5.41, 5.74) is 2.50. The van der Waals surface area contributed by atoms with Crippen LogP contribution in [0.4, 0.5) is 5.69 Å². The molecule has 2 aromatic rings. The van der Waals surface area contributed by atoms with Crippen LogP contribution in [0.2, 0.25) is 5.02 Å². The van der Waals surface area contributed by atoms with E-state index in [2.05, 4.69) is 0 Å². The predicted molar refractivity (Wildman–Crippen MR) is 72.3 cm³/mol. The van der Waals surface area contributed by atoms with Gasteiger partial charge in [-0.25, -0.2) is 0 Å². The number of hydrogen-bond donors (Lipinski definition) is 0. The van der Waals surface area contributed by atoms with E-state index in [1.165, 1.54) is 18.2 Å². The van der Waals surface area contributed by atoms with Gasteiger partial charge < -0.3 is 4.57 Å². The van der Waals surface area contributed by atoms with Crippen molar-refractivity contribution in [2.75, 3.05) is 0 Å². The molecule has 0 saturated carbocycles. The van der Waals surface area contributed by atoms with Crippen molar-refractivity contribution in [3.05, 3.63) is 56.4 Å². The molecule has 0 spiro atoms. The molecule has 0 radical (unpaired) electrons. The van der Waals surface area contributed by atoms with Gasteiger partial charge in [-0.3, -0.25) is 14.9 Å². The Labute approximate surface area is 114 Å². The Morgan fingerprint density at radius 2 is 2.00 bits per heavy atom. The summed E-state index contributed by atoms with van der Waals surface area (Å²) in [4.78, 5) is 21.3. The van der Waals surface area contributed by atoms with E-state index in [1.54, 1.807) is 17.6 Å². The lowest BCUT2D eigenvalue weighted by Crippen LogP contribution is -2.01. The number of nitro benzene ring substituents is 1. The molecule has 1 heterocycles. The zero-order valence-electron chi connectivity index (χ0n) is 10.4. The van der Waals surface area contributed by atoms with Gasteiger partial charge in [0.15, 0.2) is 6.29 Å². The second-order valence-electron chi connectivity index (χ2n) is 4.17. The SMILES string of the molecule is Cc1cc(C=O)c(C)n1-c1cc([N+](=O)[O-])ccc1Cl. The topological polar surface area (TPSA) is 65.1 Å². The Bertz CT molecular complexity index is 677. The van der Waals surface area contributed by atoms with E-state index in [-0.39, 0.29) is 5.69 Å². The van der Waals surface area contributed by atoms with Crippen LogP contribution in [0.25, 0.3) is 5.69 Å². The lowest BCUT2D eigenvalue weighted by Gasteiger charge is -2.11. The predicted octanol–water partition coefficient (Wildman–Crippen LogP) is 3.47. The zero-order valence-corrected chi connectivity index (χ0v) is 11.1. The highest BCUT2D eigenvalue weighted by atomic mass is 35.5. The molecule has 0 amide bonds. The number of carbonyl (C=O) groups excluding carboxylic acids is 1. The standard InChI is InChI=1S/C13H11ClN2O3/c1-8-5-10(7-17)9(2)15(8)13-6-11(16(18)19)3-4-12(13)14/h3-7H,1-2H3. The zero-order chi connectivity index (χ0) is 14.2. The lowest BCUT2D eigenvalue weighted by molar-refractivity contribution is -0.384. The third-order valence-corrected chi connectivity index (χ3v) is 3.30. The number of hydrogen-bond acceptors (Lipinski definition) is 3. The van der Waals surface area contributed by atoms with Crippen LogP contribution >= 0.6 is 11.6 Å². The monoisotopic (exact) mass is 278 g/mol. The Balaban J connectivity index is 2.71. The minimum Gasteiger partial charge on any atom is -0.316 e. The second kappa shape index (κ2) is 4.85. The highest BCUT2D eigenvalue weighted by Crippen LogP contribution is 2.29. The molecule has 0 fully saturated rings.